The second kappa shape index (κ2) is 7.65. The average Bonchev–Trinajstić information content (AvgIpc) is 2.64. The Morgan fingerprint density at radius 3 is 2.08 bits per heavy atom. The molecule has 0 saturated carbocycles. The molecule has 1 saturated heterocycles. The molecule has 2 amide bonds. The van der Waals surface area contributed by atoms with Gasteiger partial charge in [0.05, 0.1) is 11.4 Å². The van der Waals surface area contributed by atoms with E-state index in [0.717, 1.165) is 13.1 Å². The third-order valence-corrected chi connectivity index (χ3v) is 3.87. The number of nitrogens with one attached hydrogen (secondary N) is 1. The van der Waals surface area contributed by atoms with E-state index in [4.69, 9.17) is 0 Å². The lowest BCUT2D eigenvalue weighted by Crippen LogP contribution is -2.49. The van der Waals surface area contributed by atoms with Crippen molar-refractivity contribution in [3.05, 3.63) is 60.2 Å². The number of hydrogen-bond donors (Lipinski definition) is 1. The van der Waals surface area contributed by atoms with Crippen LogP contribution in [0.1, 0.15) is 11.4 Å². The molecule has 2 aromatic heterocycles. The Morgan fingerprint density at radius 1 is 1.00 bits per heavy atom. The van der Waals surface area contributed by atoms with E-state index in [2.05, 4.69) is 25.4 Å². The summed E-state index contributed by atoms with van der Waals surface area (Å²) in [5.41, 5.74) is 4.50. The van der Waals surface area contributed by atoms with Crippen molar-refractivity contribution < 1.29 is 4.79 Å². The smallest absolute Gasteiger partial charge is 0.321 e. The van der Waals surface area contributed by atoms with Crippen LogP contribution < -0.4 is 5.43 Å². The quantitative estimate of drug-likeness (QED) is 0.680. The van der Waals surface area contributed by atoms with Crippen LogP contribution in [0.3, 0.4) is 0 Å². The van der Waals surface area contributed by atoms with Gasteiger partial charge in [0.1, 0.15) is 5.71 Å². The number of hydrogen-bond acceptors (Lipinski definition) is 5. The molecule has 7 heteroatoms. The highest BCUT2D eigenvalue weighted by Gasteiger charge is 2.19. The van der Waals surface area contributed by atoms with E-state index in [1.54, 1.807) is 17.3 Å². The second-order valence-corrected chi connectivity index (χ2v) is 5.60. The topological polar surface area (TPSA) is 73.7 Å². The van der Waals surface area contributed by atoms with Gasteiger partial charge >= 0.3 is 6.03 Å². The van der Waals surface area contributed by atoms with Crippen LogP contribution in [0.2, 0.25) is 0 Å². The zero-order valence-corrected chi connectivity index (χ0v) is 13.6. The summed E-state index contributed by atoms with van der Waals surface area (Å²) in [4.78, 5) is 24.9. The van der Waals surface area contributed by atoms with Crippen molar-refractivity contribution in [3.8, 4) is 0 Å². The minimum absolute atomic E-state index is 0.201. The van der Waals surface area contributed by atoms with Crippen LogP contribution in [0.25, 0.3) is 0 Å². The van der Waals surface area contributed by atoms with Gasteiger partial charge in [0, 0.05) is 38.6 Å². The maximum Gasteiger partial charge on any atom is 0.337 e. The van der Waals surface area contributed by atoms with Crippen LogP contribution >= 0.6 is 0 Å². The number of carbonyl (C=O) groups excluding carboxylic acids is 1. The van der Waals surface area contributed by atoms with Crippen LogP contribution in [0, 0.1) is 0 Å². The predicted molar refractivity (Wildman–Crippen MR) is 91.7 cm³/mol. The molecular weight excluding hydrogens is 304 g/mol. The van der Waals surface area contributed by atoms with Gasteiger partial charge in [0.2, 0.25) is 0 Å². The lowest BCUT2D eigenvalue weighted by molar-refractivity contribution is 0.155. The predicted octanol–water partition coefficient (Wildman–Crippen LogP) is 1.19. The standard InChI is InChI=1S/C17H20N6O/c1-22-10-12-23(13-11-22)17(24)21-20-16(14-6-2-4-8-18-14)15-7-3-5-9-19-15/h2-9H,10-13H2,1H3,(H,21,24). The molecule has 7 nitrogen and oxygen atoms in total. The Bertz CT molecular complexity index is 654. The minimum Gasteiger partial charge on any atom is -0.321 e. The number of rotatable bonds is 3. The number of likely N-dealkylation sites (N-methyl/N-ethyl adjacent to an activating group) is 1. The summed E-state index contributed by atoms with van der Waals surface area (Å²) in [5, 5.41) is 4.30. The number of piperazine rings is 1. The highest BCUT2D eigenvalue weighted by atomic mass is 16.2. The summed E-state index contributed by atoms with van der Waals surface area (Å²) in [5.74, 6) is 0. The average molecular weight is 324 g/mol. The van der Waals surface area contributed by atoms with Gasteiger partial charge < -0.3 is 9.80 Å². The lowest BCUT2D eigenvalue weighted by Gasteiger charge is -2.31. The first kappa shape index (κ1) is 16.1. The first-order chi connectivity index (χ1) is 11.7. The first-order valence-electron chi connectivity index (χ1n) is 7.88. The van der Waals surface area contributed by atoms with Gasteiger partial charge in [-0.1, -0.05) is 12.1 Å². The Labute approximate surface area is 141 Å². The summed E-state index contributed by atoms with van der Waals surface area (Å²) in [6.07, 6.45) is 3.38. The molecule has 0 aromatic carbocycles. The number of aromatic nitrogens is 2. The van der Waals surface area contributed by atoms with Gasteiger partial charge in [0.25, 0.3) is 0 Å². The number of hydrazone groups is 1. The highest BCUT2D eigenvalue weighted by Crippen LogP contribution is 2.06. The van der Waals surface area contributed by atoms with E-state index in [9.17, 15) is 4.79 Å². The number of pyridine rings is 2. The number of urea groups is 1. The maximum absolute atomic E-state index is 12.3. The van der Waals surface area contributed by atoms with E-state index < -0.39 is 0 Å². The third-order valence-electron chi connectivity index (χ3n) is 3.87. The van der Waals surface area contributed by atoms with Crippen molar-refractivity contribution in [1.82, 2.24) is 25.2 Å². The normalized spacial score (nSPS) is 15.0. The zero-order chi connectivity index (χ0) is 16.8. The van der Waals surface area contributed by atoms with Crippen molar-refractivity contribution >= 4 is 11.7 Å². The fourth-order valence-corrected chi connectivity index (χ4v) is 2.44. The van der Waals surface area contributed by atoms with Crippen LogP contribution in [0.5, 0.6) is 0 Å². The summed E-state index contributed by atoms with van der Waals surface area (Å²) >= 11 is 0. The third kappa shape index (κ3) is 3.94. The van der Waals surface area contributed by atoms with E-state index in [-0.39, 0.29) is 6.03 Å². The molecular formula is C17H20N6O. The lowest BCUT2D eigenvalue weighted by atomic mass is 10.1. The molecule has 0 bridgehead atoms. The van der Waals surface area contributed by atoms with E-state index in [1.165, 1.54) is 0 Å². The van der Waals surface area contributed by atoms with Crippen molar-refractivity contribution in [2.75, 3.05) is 33.2 Å². The molecule has 0 spiro atoms. The molecule has 2 aromatic rings. The zero-order valence-electron chi connectivity index (χ0n) is 13.6. The summed E-state index contributed by atoms with van der Waals surface area (Å²) in [6, 6.07) is 10.9. The molecule has 1 aliphatic rings. The number of amides is 2. The van der Waals surface area contributed by atoms with Crippen LogP contribution in [-0.2, 0) is 0 Å². The molecule has 1 fully saturated rings. The van der Waals surface area contributed by atoms with Crippen molar-refractivity contribution in [3.63, 3.8) is 0 Å². The summed E-state index contributed by atoms with van der Waals surface area (Å²) < 4.78 is 0. The molecule has 124 valence electrons. The Kier molecular flexibility index (Phi) is 5.12. The molecule has 0 unspecified atom stereocenters. The highest BCUT2D eigenvalue weighted by molar-refractivity contribution is 6.10. The Balaban J connectivity index is 1.78. The van der Waals surface area contributed by atoms with Crippen molar-refractivity contribution in [2.24, 2.45) is 5.10 Å². The van der Waals surface area contributed by atoms with Crippen molar-refractivity contribution in [2.45, 2.75) is 0 Å². The van der Waals surface area contributed by atoms with Gasteiger partial charge in [0.15, 0.2) is 0 Å². The van der Waals surface area contributed by atoms with Crippen LogP contribution in [-0.4, -0.2) is 64.7 Å². The molecule has 3 rings (SSSR count). The minimum atomic E-state index is -0.201. The second-order valence-electron chi connectivity index (χ2n) is 5.60. The van der Waals surface area contributed by atoms with Crippen molar-refractivity contribution in [1.29, 1.82) is 0 Å². The number of nitrogens with zero attached hydrogens (tertiary/aromatic N) is 5. The maximum atomic E-state index is 12.3. The summed E-state index contributed by atoms with van der Waals surface area (Å²) in [7, 11) is 2.05. The fraction of sp³-hybridized carbons (Fsp3) is 0.294. The van der Waals surface area contributed by atoms with Gasteiger partial charge in [-0.3, -0.25) is 9.97 Å². The fourth-order valence-electron chi connectivity index (χ4n) is 2.44. The molecule has 1 N–H and O–H groups in total. The molecule has 0 atom stereocenters. The Hall–Kier alpha value is -2.80. The summed E-state index contributed by atoms with van der Waals surface area (Å²) in [6.45, 7) is 3.12. The monoisotopic (exact) mass is 324 g/mol. The van der Waals surface area contributed by atoms with Crippen LogP contribution in [0.15, 0.2) is 53.9 Å². The molecule has 3 heterocycles. The van der Waals surface area contributed by atoms with E-state index in [0.29, 0.717) is 30.2 Å². The van der Waals surface area contributed by atoms with Gasteiger partial charge in [-0.15, -0.1) is 0 Å². The molecule has 24 heavy (non-hydrogen) atoms. The number of carbonyl (C=O) groups is 1. The van der Waals surface area contributed by atoms with Gasteiger partial charge in [-0.05, 0) is 31.3 Å². The van der Waals surface area contributed by atoms with E-state index in [1.807, 2.05) is 43.4 Å². The molecule has 0 radical (unpaired) electrons. The molecule has 0 aliphatic carbocycles. The van der Waals surface area contributed by atoms with Gasteiger partial charge in [-0.2, -0.15) is 5.10 Å². The van der Waals surface area contributed by atoms with E-state index >= 15 is 0 Å². The largest absolute Gasteiger partial charge is 0.337 e. The van der Waals surface area contributed by atoms with Gasteiger partial charge in [-0.25, -0.2) is 10.2 Å². The molecule has 1 aliphatic heterocycles. The SMILES string of the molecule is CN1CCN(C(=O)NN=C(c2ccccn2)c2ccccn2)CC1. The first-order valence-corrected chi connectivity index (χ1v) is 7.88. The Morgan fingerprint density at radius 2 is 1.58 bits per heavy atom. The van der Waals surface area contributed by atoms with Crippen LogP contribution in [0.4, 0.5) is 4.79 Å².